The second kappa shape index (κ2) is 10.2. The summed E-state index contributed by atoms with van der Waals surface area (Å²) in [5.41, 5.74) is 6.82. The maximum Gasteiger partial charge on any atom is 0.459 e. The molecule has 1 aromatic carbocycles. The van der Waals surface area contributed by atoms with Crippen LogP contribution in [0.15, 0.2) is 42.7 Å². The molecule has 0 radical (unpaired) electrons. The molecule has 35 heavy (non-hydrogen) atoms. The Hall–Kier alpha value is -3.18. The Labute approximate surface area is 205 Å². The van der Waals surface area contributed by atoms with E-state index < -0.39 is 19.8 Å². The minimum Gasteiger partial charge on any atom is -0.480 e. The van der Waals surface area contributed by atoms with Crippen molar-refractivity contribution < 1.29 is 28.3 Å². The zero-order chi connectivity index (χ0) is 25.2. The van der Waals surface area contributed by atoms with Gasteiger partial charge in [0.15, 0.2) is 11.2 Å². The first-order valence-electron chi connectivity index (χ1n) is 10.6. The second-order valence-corrected chi connectivity index (χ2v) is 10.0. The average molecular weight is 523 g/mol. The van der Waals surface area contributed by atoms with Gasteiger partial charge in [0.25, 0.3) is 0 Å². The summed E-state index contributed by atoms with van der Waals surface area (Å²) in [6.45, 7) is 1.37. The van der Waals surface area contributed by atoms with Gasteiger partial charge in [0, 0.05) is 10.9 Å². The lowest BCUT2D eigenvalue weighted by Gasteiger charge is -2.23. The van der Waals surface area contributed by atoms with Gasteiger partial charge in [0.2, 0.25) is 11.8 Å². The monoisotopic (exact) mass is 522 g/mol. The molecule has 4 N–H and O–H groups in total. The SMILES string of the molecule is COc1nc(N)nc2c1ncn2[C@H]1C=C[C@@H](COP(=O)(N[C@@H](C)C(=O)O)Oc2ccc(Cl)cc2)C1. The van der Waals surface area contributed by atoms with Crippen LogP contribution in [0.3, 0.4) is 0 Å². The van der Waals surface area contributed by atoms with Gasteiger partial charge in [-0.2, -0.15) is 15.1 Å². The Bertz CT molecular complexity index is 1300. The summed E-state index contributed by atoms with van der Waals surface area (Å²) in [5, 5.41) is 12.2. The van der Waals surface area contributed by atoms with Crippen molar-refractivity contribution in [1.82, 2.24) is 24.6 Å². The van der Waals surface area contributed by atoms with Crippen LogP contribution in [0.5, 0.6) is 11.6 Å². The van der Waals surface area contributed by atoms with E-state index in [9.17, 15) is 14.5 Å². The number of carbonyl (C=O) groups is 1. The van der Waals surface area contributed by atoms with Crippen molar-refractivity contribution in [3.63, 3.8) is 0 Å². The molecule has 1 aliphatic carbocycles. The number of carboxylic acid groups (broad SMARTS) is 1. The first-order chi connectivity index (χ1) is 16.7. The summed E-state index contributed by atoms with van der Waals surface area (Å²) >= 11 is 5.89. The van der Waals surface area contributed by atoms with Gasteiger partial charge in [-0.15, -0.1) is 0 Å². The smallest absolute Gasteiger partial charge is 0.459 e. The maximum absolute atomic E-state index is 13.4. The number of fused-ring (bicyclic) bond motifs is 1. The third kappa shape index (κ3) is 5.73. The molecule has 2 aromatic heterocycles. The Morgan fingerprint density at radius 3 is 2.77 bits per heavy atom. The molecule has 12 nitrogen and oxygen atoms in total. The van der Waals surface area contributed by atoms with E-state index in [0.717, 1.165) is 0 Å². The molecule has 0 saturated carbocycles. The third-order valence-electron chi connectivity index (χ3n) is 5.33. The highest BCUT2D eigenvalue weighted by Crippen LogP contribution is 2.46. The number of nitrogens with zero attached hydrogens (tertiary/aromatic N) is 4. The molecule has 186 valence electrons. The number of anilines is 1. The summed E-state index contributed by atoms with van der Waals surface area (Å²) in [6, 6.07) is 4.87. The van der Waals surface area contributed by atoms with Crippen molar-refractivity contribution in [3.8, 4) is 11.6 Å². The van der Waals surface area contributed by atoms with Crippen LogP contribution in [-0.4, -0.2) is 50.4 Å². The number of nitrogen functional groups attached to an aromatic ring is 1. The number of allylic oxidation sites excluding steroid dienone is 1. The predicted molar refractivity (Wildman–Crippen MR) is 128 cm³/mol. The number of aliphatic carboxylic acids is 1. The van der Waals surface area contributed by atoms with Crippen LogP contribution < -0.4 is 20.1 Å². The molecule has 3 aromatic rings. The van der Waals surface area contributed by atoms with Gasteiger partial charge in [-0.3, -0.25) is 9.32 Å². The highest BCUT2D eigenvalue weighted by Gasteiger charge is 2.33. The minimum atomic E-state index is -4.04. The van der Waals surface area contributed by atoms with Crippen LogP contribution >= 0.6 is 19.3 Å². The van der Waals surface area contributed by atoms with Gasteiger partial charge in [0.05, 0.1) is 26.1 Å². The number of imidazole rings is 1. The number of methoxy groups -OCH3 is 1. The molecule has 1 unspecified atom stereocenters. The van der Waals surface area contributed by atoms with Crippen molar-refractivity contribution in [2.24, 2.45) is 5.92 Å². The molecule has 0 spiro atoms. The summed E-state index contributed by atoms with van der Waals surface area (Å²) < 4.78 is 31.7. The number of hydrogen-bond acceptors (Lipinski definition) is 9. The number of nitrogens with two attached hydrogens (primary N) is 1. The largest absolute Gasteiger partial charge is 0.480 e. The second-order valence-electron chi connectivity index (χ2n) is 7.89. The van der Waals surface area contributed by atoms with Gasteiger partial charge >= 0.3 is 13.7 Å². The zero-order valence-electron chi connectivity index (χ0n) is 18.9. The standard InChI is InChI=1S/C21H24ClN6O6P/c1-12(20(29)30)27-35(31,34-16-7-4-14(22)5-8-16)33-10-13-3-6-15(9-13)28-11-24-17-18(28)25-21(23)26-19(17)32-2/h3-8,11-13,15H,9-10H2,1-2H3,(H,27,31)(H,29,30)(H2,23,25,26)/t12-,13+,15-,35?/m0/s1. The Balaban J connectivity index is 1.46. The van der Waals surface area contributed by atoms with Crippen LogP contribution in [-0.2, 0) is 13.9 Å². The van der Waals surface area contributed by atoms with Crippen LogP contribution in [0.4, 0.5) is 5.95 Å². The molecule has 4 atom stereocenters. The summed E-state index contributed by atoms with van der Waals surface area (Å²) in [7, 11) is -2.56. The van der Waals surface area contributed by atoms with Gasteiger partial charge in [-0.05, 0) is 37.6 Å². The van der Waals surface area contributed by atoms with Crippen molar-refractivity contribution in [3.05, 3.63) is 47.8 Å². The Morgan fingerprint density at radius 1 is 1.34 bits per heavy atom. The molecule has 0 bridgehead atoms. The lowest BCUT2D eigenvalue weighted by atomic mass is 10.1. The lowest BCUT2D eigenvalue weighted by Crippen LogP contribution is -2.33. The number of benzene rings is 1. The van der Waals surface area contributed by atoms with Crippen LogP contribution in [0.25, 0.3) is 11.2 Å². The maximum atomic E-state index is 13.4. The molecule has 4 rings (SSSR count). The number of halogens is 1. The molecular formula is C21H24ClN6O6P. The van der Waals surface area contributed by atoms with Crippen LogP contribution in [0, 0.1) is 5.92 Å². The van der Waals surface area contributed by atoms with Gasteiger partial charge < -0.3 is 24.7 Å². The van der Waals surface area contributed by atoms with E-state index in [4.69, 9.17) is 31.1 Å². The fourth-order valence-corrected chi connectivity index (χ4v) is 5.26. The van der Waals surface area contributed by atoms with E-state index >= 15 is 0 Å². The molecule has 0 aliphatic heterocycles. The number of rotatable bonds is 10. The molecule has 0 amide bonds. The van der Waals surface area contributed by atoms with E-state index in [1.807, 2.05) is 16.7 Å². The topological polar surface area (TPSA) is 164 Å². The van der Waals surface area contributed by atoms with Gasteiger partial charge in [0.1, 0.15) is 11.8 Å². The Kier molecular flexibility index (Phi) is 7.27. The summed E-state index contributed by atoms with van der Waals surface area (Å²) in [5.74, 6) is -0.761. The van der Waals surface area contributed by atoms with E-state index in [2.05, 4.69) is 20.0 Å². The van der Waals surface area contributed by atoms with Gasteiger partial charge in [-0.1, -0.05) is 23.8 Å². The quantitative estimate of drug-likeness (QED) is 0.264. The first-order valence-corrected chi connectivity index (χ1v) is 12.5. The number of ether oxygens (including phenoxy) is 1. The summed E-state index contributed by atoms with van der Waals surface area (Å²) in [6.07, 6.45) is 6.10. The van der Waals surface area contributed by atoms with Crippen molar-refractivity contribution >= 4 is 42.4 Å². The van der Waals surface area contributed by atoms with E-state index in [1.54, 1.807) is 18.5 Å². The van der Waals surface area contributed by atoms with Crippen LogP contribution in [0.2, 0.25) is 5.02 Å². The third-order valence-corrected chi connectivity index (χ3v) is 7.22. The minimum absolute atomic E-state index is 0.0181. The van der Waals surface area contributed by atoms with E-state index in [1.165, 1.54) is 26.2 Å². The molecule has 0 fully saturated rings. The first kappa shape index (κ1) is 24.9. The highest BCUT2D eigenvalue weighted by atomic mass is 35.5. The fraction of sp³-hybridized carbons (Fsp3) is 0.333. The fourth-order valence-electron chi connectivity index (χ4n) is 3.58. The van der Waals surface area contributed by atoms with Gasteiger partial charge in [-0.25, -0.2) is 9.55 Å². The lowest BCUT2D eigenvalue weighted by molar-refractivity contribution is -0.138. The highest BCUT2D eigenvalue weighted by molar-refractivity contribution is 7.52. The molecule has 0 saturated heterocycles. The van der Waals surface area contributed by atoms with Crippen molar-refractivity contribution in [2.75, 3.05) is 19.5 Å². The average Bonchev–Trinajstić information content (AvgIpc) is 3.45. The summed E-state index contributed by atoms with van der Waals surface area (Å²) in [4.78, 5) is 24.0. The predicted octanol–water partition coefficient (Wildman–Crippen LogP) is 3.45. The number of carboxylic acids is 1. The normalized spacial score (nSPS) is 20.0. The molecular weight excluding hydrogens is 499 g/mol. The zero-order valence-corrected chi connectivity index (χ0v) is 20.5. The van der Waals surface area contributed by atoms with Crippen molar-refractivity contribution in [1.29, 1.82) is 0 Å². The number of nitrogens with one attached hydrogen (secondary N) is 1. The van der Waals surface area contributed by atoms with Crippen molar-refractivity contribution in [2.45, 2.75) is 25.4 Å². The van der Waals surface area contributed by atoms with Crippen LogP contribution in [0.1, 0.15) is 19.4 Å². The molecule has 2 heterocycles. The van der Waals surface area contributed by atoms with E-state index in [-0.39, 0.29) is 36.1 Å². The Morgan fingerprint density at radius 2 is 2.09 bits per heavy atom. The van der Waals surface area contributed by atoms with E-state index in [0.29, 0.717) is 22.6 Å². The molecule has 14 heteroatoms. The number of aromatic nitrogens is 4. The molecule has 1 aliphatic rings. The number of hydrogen-bond donors (Lipinski definition) is 3.